The molecular weight excluding hydrogens is 290 g/mol. The van der Waals surface area contributed by atoms with Gasteiger partial charge in [0.05, 0.1) is 11.8 Å². The molecule has 2 atom stereocenters. The number of ether oxygens (including phenoxy) is 1. The van der Waals surface area contributed by atoms with E-state index in [0.29, 0.717) is 0 Å². The van der Waals surface area contributed by atoms with Crippen LogP contribution >= 0.6 is 0 Å². The Kier molecular flexibility index (Phi) is 3.63. The van der Waals surface area contributed by atoms with E-state index in [4.69, 9.17) is 4.74 Å². The lowest BCUT2D eigenvalue weighted by atomic mass is 10.0. The first-order valence-electron chi connectivity index (χ1n) is 7.91. The van der Waals surface area contributed by atoms with Crippen molar-refractivity contribution < 1.29 is 4.74 Å². The summed E-state index contributed by atoms with van der Waals surface area (Å²) in [6.45, 7) is 2.78. The average molecular weight is 311 g/mol. The Hall–Kier alpha value is -2.18. The molecule has 1 fully saturated rings. The van der Waals surface area contributed by atoms with Gasteiger partial charge in [-0.25, -0.2) is 0 Å². The Labute approximate surface area is 135 Å². The van der Waals surface area contributed by atoms with E-state index in [2.05, 4.69) is 44.5 Å². The van der Waals surface area contributed by atoms with E-state index in [9.17, 15) is 0 Å². The number of likely N-dealkylation sites (tertiary alicyclic amines) is 1. The molecule has 3 aromatic rings. The van der Waals surface area contributed by atoms with E-state index in [-0.39, 0.29) is 12.0 Å². The molecule has 0 amide bonds. The van der Waals surface area contributed by atoms with Crippen LogP contribution in [-0.4, -0.2) is 51.2 Å². The van der Waals surface area contributed by atoms with E-state index < -0.39 is 0 Å². The Morgan fingerprint density at radius 2 is 2.22 bits per heavy atom. The predicted molar refractivity (Wildman–Crippen MR) is 88.1 cm³/mol. The molecule has 6 nitrogen and oxygen atoms in total. The number of fused-ring (bicyclic) bond motifs is 1. The van der Waals surface area contributed by atoms with Crippen LogP contribution in [0.5, 0.6) is 0 Å². The number of aryl methyl sites for hydroxylation is 1. The highest BCUT2D eigenvalue weighted by molar-refractivity contribution is 5.82. The van der Waals surface area contributed by atoms with Crippen molar-refractivity contribution in [1.82, 2.24) is 24.9 Å². The van der Waals surface area contributed by atoms with E-state index in [0.717, 1.165) is 25.3 Å². The topological polar surface area (TPSA) is 59.0 Å². The Balaban J connectivity index is 1.55. The maximum absolute atomic E-state index is 5.70. The highest BCUT2D eigenvalue weighted by Crippen LogP contribution is 2.30. The molecule has 23 heavy (non-hydrogen) atoms. The second-order valence-electron chi connectivity index (χ2n) is 6.25. The van der Waals surface area contributed by atoms with Crippen LogP contribution in [0.2, 0.25) is 0 Å². The summed E-state index contributed by atoms with van der Waals surface area (Å²) in [5.41, 5.74) is 3.55. The van der Waals surface area contributed by atoms with Gasteiger partial charge in [-0.2, -0.15) is 0 Å². The van der Waals surface area contributed by atoms with Gasteiger partial charge in [-0.05, 0) is 17.7 Å². The second kappa shape index (κ2) is 5.79. The van der Waals surface area contributed by atoms with E-state index >= 15 is 0 Å². The van der Waals surface area contributed by atoms with Crippen LogP contribution in [0.3, 0.4) is 0 Å². The van der Waals surface area contributed by atoms with E-state index in [1.54, 1.807) is 11.8 Å². The molecule has 0 saturated carbocycles. The Bertz CT molecular complexity index is 808. The number of nitrogens with one attached hydrogen (secondary N) is 1. The first-order chi connectivity index (χ1) is 11.2. The molecule has 2 aromatic heterocycles. The lowest BCUT2D eigenvalue weighted by molar-refractivity contribution is 0.0958. The lowest BCUT2D eigenvalue weighted by Gasteiger charge is -2.16. The second-order valence-corrected chi connectivity index (χ2v) is 6.25. The summed E-state index contributed by atoms with van der Waals surface area (Å²) in [5.74, 6) is 0.277. The quantitative estimate of drug-likeness (QED) is 0.799. The van der Waals surface area contributed by atoms with E-state index in [1.165, 1.54) is 16.5 Å². The van der Waals surface area contributed by atoms with Crippen molar-refractivity contribution in [2.75, 3.05) is 20.2 Å². The standard InChI is InChI=1S/C17H21N5O/c1-21-10-16(19-20-21)14-9-22(11-17(14)23-2)8-12-4-3-5-15-13(12)6-7-18-15/h3-7,10,14,17-18H,8-9,11H2,1-2H3/t14-,17+/m0/s1. The van der Waals surface area contributed by atoms with Gasteiger partial charge >= 0.3 is 0 Å². The predicted octanol–water partition coefficient (Wildman–Crippen LogP) is 1.91. The molecule has 1 N–H and O–H groups in total. The third-order valence-corrected chi connectivity index (χ3v) is 4.72. The van der Waals surface area contributed by atoms with Crippen molar-refractivity contribution in [3.63, 3.8) is 0 Å². The third kappa shape index (κ3) is 2.64. The summed E-state index contributed by atoms with van der Waals surface area (Å²) in [7, 11) is 3.68. The molecule has 0 unspecified atom stereocenters. The minimum atomic E-state index is 0.164. The van der Waals surface area contributed by atoms with Crippen LogP contribution in [0, 0.1) is 0 Å². The molecule has 0 bridgehead atoms. The molecule has 0 aliphatic carbocycles. The van der Waals surface area contributed by atoms with Gasteiger partial charge in [0.1, 0.15) is 0 Å². The molecule has 0 radical (unpaired) electrons. The van der Waals surface area contributed by atoms with Gasteiger partial charge in [0.2, 0.25) is 0 Å². The molecular formula is C17H21N5O. The average Bonchev–Trinajstić information content (AvgIpc) is 3.26. The number of aromatic nitrogens is 4. The van der Waals surface area contributed by atoms with Crippen LogP contribution in [0.25, 0.3) is 10.9 Å². The number of nitrogens with zero attached hydrogens (tertiary/aromatic N) is 4. The maximum atomic E-state index is 5.70. The van der Waals surface area contributed by atoms with Crippen molar-refractivity contribution in [2.45, 2.75) is 18.6 Å². The SMILES string of the molecule is CO[C@@H]1CN(Cc2cccc3[nH]ccc23)C[C@H]1c1cn(C)nn1. The number of aromatic amines is 1. The van der Waals surface area contributed by atoms with Gasteiger partial charge in [-0.15, -0.1) is 5.10 Å². The zero-order valence-corrected chi connectivity index (χ0v) is 13.4. The summed E-state index contributed by atoms with van der Waals surface area (Å²) in [5, 5.41) is 9.64. The first kappa shape index (κ1) is 14.4. The number of hydrogen-bond donors (Lipinski definition) is 1. The highest BCUT2D eigenvalue weighted by Gasteiger charge is 2.35. The molecule has 120 valence electrons. The molecule has 1 aromatic carbocycles. The fourth-order valence-corrected chi connectivity index (χ4v) is 3.57. The summed E-state index contributed by atoms with van der Waals surface area (Å²) in [6, 6.07) is 8.57. The fourth-order valence-electron chi connectivity index (χ4n) is 3.57. The molecule has 1 aliphatic rings. The van der Waals surface area contributed by atoms with Crippen LogP contribution in [0.15, 0.2) is 36.7 Å². The third-order valence-electron chi connectivity index (χ3n) is 4.72. The summed E-state index contributed by atoms with van der Waals surface area (Å²) in [6.07, 6.45) is 4.16. The largest absolute Gasteiger partial charge is 0.379 e. The summed E-state index contributed by atoms with van der Waals surface area (Å²) in [4.78, 5) is 5.72. The first-order valence-corrected chi connectivity index (χ1v) is 7.91. The number of benzene rings is 1. The molecule has 1 saturated heterocycles. The van der Waals surface area contributed by atoms with Crippen LogP contribution in [-0.2, 0) is 18.3 Å². The van der Waals surface area contributed by atoms with Gasteiger partial charge in [0.15, 0.2) is 0 Å². The molecule has 1 aliphatic heterocycles. The maximum Gasteiger partial charge on any atom is 0.0897 e. The van der Waals surface area contributed by atoms with Gasteiger partial charge in [0.25, 0.3) is 0 Å². The van der Waals surface area contributed by atoms with Crippen LogP contribution in [0.1, 0.15) is 17.2 Å². The van der Waals surface area contributed by atoms with Crippen LogP contribution < -0.4 is 0 Å². The number of methoxy groups -OCH3 is 1. The minimum absolute atomic E-state index is 0.164. The van der Waals surface area contributed by atoms with Crippen molar-refractivity contribution in [3.05, 3.63) is 47.9 Å². The number of hydrogen-bond acceptors (Lipinski definition) is 4. The summed E-state index contributed by atoms with van der Waals surface area (Å²) < 4.78 is 7.46. The smallest absolute Gasteiger partial charge is 0.0897 e. The fraction of sp³-hybridized carbons (Fsp3) is 0.412. The van der Waals surface area contributed by atoms with Crippen molar-refractivity contribution in [2.24, 2.45) is 7.05 Å². The van der Waals surface area contributed by atoms with E-state index in [1.807, 2.05) is 19.4 Å². The Morgan fingerprint density at radius 3 is 3.00 bits per heavy atom. The molecule has 4 rings (SSSR count). The monoisotopic (exact) mass is 311 g/mol. The lowest BCUT2D eigenvalue weighted by Crippen LogP contribution is -2.22. The van der Waals surface area contributed by atoms with Crippen molar-refractivity contribution in [1.29, 1.82) is 0 Å². The van der Waals surface area contributed by atoms with Gasteiger partial charge < -0.3 is 9.72 Å². The van der Waals surface area contributed by atoms with Gasteiger partial charge in [-0.3, -0.25) is 9.58 Å². The summed E-state index contributed by atoms with van der Waals surface area (Å²) >= 11 is 0. The molecule has 6 heteroatoms. The van der Waals surface area contributed by atoms with Gasteiger partial charge in [-0.1, -0.05) is 17.3 Å². The normalized spacial score (nSPS) is 22.2. The number of H-pyrrole nitrogens is 1. The molecule has 0 spiro atoms. The van der Waals surface area contributed by atoms with Gasteiger partial charge in [0, 0.05) is 63.0 Å². The Morgan fingerprint density at radius 1 is 1.30 bits per heavy atom. The zero-order chi connectivity index (χ0) is 15.8. The number of rotatable bonds is 4. The molecule has 3 heterocycles. The van der Waals surface area contributed by atoms with Crippen molar-refractivity contribution >= 4 is 10.9 Å². The van der Waals surface area contributed by atoms with Crippen molar-refractivity contribution in [3.8, 4) is 0 Å². The highest BCUT2D eigenvalue weighted by atomic mass is 16.5. The van der Waals surface area contributed by atoms with Crippen LogP contribution in [0.4, 0.5) is 0 Å². The zero-order valence-electron chi connectivity index (χ0n) is 13.4. The minimum Gasteiger partial charge on any atom is -0.379 e.